The third-order valence-corrected chi connectivity index (χ3v) is 4.74. The Morgan fingerprint density at radius 1 is 1.22 bits per heavy atom. The smallest absolute Gasteiger partial charge is 0.339 e. The highest BCUT2D eigenvalue weighted by atomic mass is 32.1. The number of esters is 1. The zero-order valence-electron chi connectivity index (χ0n) is 12.4. The largest absolute Gasteiger partial charge is 0.457 e. The molecule has 0 atom stereocenters. The molecular weight excluding hydrogens is 310 g/mol. The first kappa shape index (κ1) is 13.9. The zero-order chi connectivity index (χ0) is 15.8. The monoisotopic (exact) mass is 323 g/mol. The number of carbonyl (C=O) groups is 1. The van der Waals surface area contributed by atoms with Crippen LogP contribution in [0.5, 0.6) is 0 Å². The highest BCUT2D eigenvalue weighted by Gasteiger charge is 2.12. The van der Waals surface area contributed by atoms with E-state index < -0.39 is 0 Å². The Hall–Kier alpha value is -2.73. The van der Waals surface area contributed by atoms with Crippen LogP contribution in [-0.4, -0.2) is 20.6 Å². The lowest BCUT2D eigenvalue weighted by molar-refractivity contribution is 0.0474. The van der Waals surface area contributed by atoms with E-state index in [0.29, 0.717) is 11.2 Å². The summed E-state index contributed by atoms with van der Waals surface area (Å²) in [7, 11) is 0. The van der Waals surface area contributed by atoms with Gasteiger partial charge in [0.25, 0.3) is 0 Å². The van der Waals surface area contributed by atoms with E-state index in [0.717, 1.165) is 16.8 Å². The number of benzene rings is 1. The number of ether oxygens (including phenoxy) is 1. The van der Waals surface area contributed by atoms with Crippen LogP contribution in [0.15, 0.2) is 48.0 Å². The van der Waals surface area contributed by atoms with E-state index in [2.05, 4.69) is 16.3 Å². The molecule has 0 spiro atoms. The number of hydrogen-bond donors (Lipinski definition) is 0. The molecule has 0 saturated heterocycles. The normalized spacial score (nSPS) is 11.2. The van der Waals surface area contributed by atoms with Gasteiger partial charge in [-0.3, -0.25) is 4.40 Å². The molecule has 3 heterocycles. The summed E-state index contributed by atoms with van der Waals surface area (Å²) < 4.78 is 8.43. The van der Waals surface area contributed by atoms with Crippen molar-refractivity contribution in [3.8, 4) is 0 Å². The summed E-state index contributed by atoms with van der Waals surface area (Å²) in [6.45, 7) is 2.11. The molecule has 23 heavy (non-hydrogen) atoms. The van der Waals surface area contributed by atoms with Crippen LogP contribution in [0.3, 0.4) is 0 Å². The molecule has 114 valence electrons. The summed E-state index contributed by atoms with van der Waals surface area (Å²) in [6, 6.07) is 11.6. The standard InChI is InChI=1S/C17H13N3O2S/c1-11-18-19-16-7-6-12(8-20(11)16)17(21)22-9-13-10-23-15-5-3-2-4-14(13)15/h2-8,10H,9H2,1H3. The molecule has 0 fully saturated rings. The third kappa shape index (κ3) is 2.47. The predicted molar refractivity (Wildman–Crippen MR) is 88.7 cm³/mol. The number of nitrogens with zero attached hydrogens (tertiary/aromatic N) is 3. The lowest BCUT2D eigenvalue weighted by atomic mass is 10.2. The number of aryl methyl sites for hydroxylation is 1. The van der Waals surface area contributed by atoms with Gasteiger partial charge in [-0.05, 0) is 35.9 Å². The van der Waals surface area contributed by atoms with E-state index >= 15 is 0 Å². The Morgan fingerprint density at radius 3 is 3.00 bits per heavy atom. The number of pyridine rings is 1. The fourth-order valence-electron chi connectivity index (χ4n) is 2.50. The first-order valence-corrected chi connectivity index (χ1v) is 8.04. The van der Waals surface area contributed by atoms with Gasteiger partial charge in [0.15, 0.2) is 5.65 Å². The van der Waals surface area contributed by atoms with Crippen molar-refractivity contribution in [1.82, 2.24) is 14.6 Å². The summed E-state index contributed by atoms with van der Waals surface area (Å²) >= 11 is 1.65. The van der Waals surface area contributed by atoms with Crippen molar-refractivity contribution in [2.24, 2.45) is 0 Å². The Morgan fingerprint density at radius 2 is 2.09 bits per heavy atom. The van der Waals surface area contributed by atoms with E-state index in [4.69, 9.17) is 4.74 Å². The molecule has 0 aliphatic rings. The first-order valence-electron chi connectivity index (χ1n) is 7.16. The fraction of sp³-hybridized carbons (Fsp3) is 0.118. The van der Waals surface area contributed by atoms with Crippen LogP contribution in [0.1, 0.15) is 21.7 Å². The minimum Gasteiger partial charge on any atom is -0.457 e. The summed E-state index contributed by atoms with van der Waals surface area (Å²) in [5.41, 5.74) is 2.23. The molecule has 5 nitrogen and oxygen atoms in total. The molecule has 0 aliphatic carbocycles. The van der Waals surface area contributed by atoms with Crippen molar-refractivity contribution in [2.75, 3.05) is 0 Å². The predicted octanol–water partition coefficient (Wildman–Crippen LogP) is 3.61. The second kappa shape index (κ2) is 5.48. The van der Waals surface area contributed by atoms with Crippen molar-refractivity contribution in [2.45, 2.75) is 13.5 Å². The maximum Gasteiger partial charge on any atom is 0.339 e. The van der Waals surface area contributed by atoms with Crippen LogP contribution in [0, 0.1) is 6.92 Å². The minimum absolute atomic E-state index is 0.266. The van der Waals surface area contributed by atoms with Gasteiger partial charge >= 0.3 is 5.97 Å². The van der Waals surface area contributed by atoms with E-state index in [1.54, 1.807) is 34.1 Å². The first-order chi connectivity index (χ1) is 11.2. The van der Waals surface area contributed by atoms with Gasteiger partial charge in [0.2, 0.25) is 0 Å². The van der Waals surface area contributed by atoms with Gasteiger partial charge < -0.3 is 4.74 Å². The van der Waals surface area contributed by atoms with Crippen LogP contribution in [0.2, 0.25) is 0 Å². The van der Waals surface area contributed by atoms with Gasteiger partial charge in [-0.25, -0.2) is 4.79 Å². The van der Waals surface area contributed by atoms with Gasteiger partial charge in [0.1, 0.15) is 12.4 Å². The van der Waals surface area contributed by atoms with E-state index in [1.165, 1.54) is 4.70 Å². The number of thiophene rings is 1. The molecule has 4 aromatic rings. The Balaban J connectivity index is 1.56. The molecule has 0 unspecified atom stereocenters. The highest BCUT2D eigenvalue weighted by Crippen LogP contribution is 2.26. The molecule has 0 radical (unpaired) electrons. The van der Waals surface area contributed by atoms with Gasteiger partial charge in [-0.1, -0.05) is 18.2 Å². The van der Waals surface area contributed by atoms with Crippen LogP contribution in [0.4, 0.5) is 0 Å². The van der Waals surface area contributed by atoms with Gasteiger partial charge in [0, 0.05) is 16.5 Å². The number of aromatic nitrogens is 3. The zero-order valence-corrected chi connectivity index (χ0v) is 13.2. The second-order valence-electron chi connectivity index (χ2n) is 5.23. The number of rotatable bonds is 3. The van der Waals surface area contributed by atoms with Crippen molar-refractivity contribution >= 4 is 33.0 Å². The molecule has 0 amide bonds. The van der Waals surface area contributed by atoms with E-state index in [-0.39, 0.29) is 12.6 Å². The minimum atomic E-state index is -0.352. The molecule has 4 rings (SSSR count). The number of fused-ring (bicyclic) bond motifs is 2. The lowest BCUT2D eigenvalue weighted by Crippen LogP contribution is -2.06. The molecule has 0 aliphatic heterocycles. The summed E-state index contributed by atoms with van der Waals surface area (Å²) in [5.74, 6) is 0.383. The topological polar surface area (TPSA) is 56.5 Å². The quantitative estimate of drug-likeness (QED) is 0.540. The van der Waals surface area contributed by atoms with Crippen LogP contribution in [0.25, 0.3) is 15.7 Å². The Labute approximate surface area is 136 Å². The van der Waals surface area contributed by atoms with Crippen LogP contribution >= 0.6 is 11.3 Å². The van der Waals surface area contributed by atoms with E-state index in [9.17, 15) is 4.79 Å². The molecule has 0 bridgehead atoms. The van der Waals surface area contributed by atoms with Gasteiger partial charge in [-0.2, -0.15) is 0 Å². The molecule has 3 aromatic heterocycles. The highest BCUT2D eigenvalue weighted by molar-refractivity contribution is 7.17. The fourth-order valence-corrected chi connectivity index (χ4v) is 3.44. The average molecular weight is 323 g/mol. The molecule has 0 saturated carbocycles. The van der Waals surface area contributed by atoms with Crippen LogP contribution in [-0.2, 0) is 11.3 Å². The maximum atomic E-state index is 12.3. The van der Waals surface area contributed by atoms with Gasteiger partial charge in [0.05, 0.1) is 5.56 Å². The third-order valence-electron chi connectivity index (χ3n) is 3.73. The van der Waals surface area contributed by atoms with Gasteiger partial charge in [-0.15, -0.1) is 21.5 Å². The maximum absolute atomic E-state index is 12.3. The number of carbonyl (C=O) groups excluding carboxylic acids is 1. The summed E-state index contributed by atoms with van der Waals surface area (Å²) in [5, 5.41) is 11.1. The summed E-state index contributed by atoms with van der Waals surface area (Å²) in [6.07, 6.45) is 1.71. The van der Waals surface area contributed by atoms with Crippen molar-refractivity contribution in [3.63, 3.8) is 0 Å². The Bertz CT molecular complexity index is 1020. The van der Waals surface area contributed by atoms with Crippen molar-refractivity contribution < 1.29 is 9.53 Å². The SMILES string of the molecule is Cc1nnc2ccc(C(=O)OCc3csc4ccccc34)cn12. The number of hydrogen-bond acceptors (Lipinski definition) is 5. The molecule has 1 aromatic carbocycles. The molecular formula is C17H13N3O2S. The second-order valence-corrected chi connectivity index (χ2v) is 6.14. The van der Waals surface area contributed by atoms with Crippen molar-refractivity contribution in [1.29, 1.82) is 0 Å². The average Bonchev–Trinajstić information content (AvgIpc) is 3.16. The molecule has 6 heteroatoms. The molecule has 0 N–H and O–H groups in total. The van der Waals surface area contributed by atoms with Crippen LogP contribution < -0.4 is 0 Å². The lowest BCUT2D eigenvalue weighted by Gasteiger charge is -2.05. The van der Waals surface area contributed by atoms with Crippen molar-refractivity contribution in [3.05, 3.63) is 64.9 Å². The van der Waals surface area contributed by atoms with E-state index in [1.807, 2.05) is 30.5 Å². The summed E-state index contributed by atoms with van der Waals surface area (Å²) in [4.78, 5) is 12.3. The Kier molecular flexibility index (Phi) is 3.31.